The maximum absolute atomic E-state index is 13.5. The Morgan fingerprint density at radius 3 is 2.32 bits per heavy atom. The van der Waals surface area contributed by atoms with Crippen molar-refractivity contribution in [2.45, 2.75) is 31.5 Å². The van der Waals surface area contributed by atoms with Crippen LogP contribution >= 0.6 is 0 Å². The summed E-state index contributed by atoms with van der Waals surface area (Å²) in [6.45, 7) is 3.98. The van der Waals surface area contributed by atoms with Crippen LogP contribution in [-0.4, -0.2) is 25.9 Å². The summed E-state index contributed by atoms with van der Waals surface area (Å²) in [5, 5.41) is 2.49. The van der Waals surface area contributed by atoms with Crippen LogP contribution in [0.3, 0.4) is 0 Å². The topological polar surface area (TPSA) is 75.7 Å². The molecule has 0 aliphatic carbocycles. The first-order chi connectivity index (χ1) is 17.2. The standard InChI is InChI=1S/C25H23F5N2O4S/c1-16(2)14-32(24(33)31-19-9-10-22(26)23(27)13-19)15-17-5-3-7-20(11-17)36-37(34,35)21-8-4-6-18(12-21)25(28,29)30/h3-13,16H,14-15H2,1-2H3,(H,31,33). The van der Waals surface area contributed by atoms with Crippen LogP contribution in [0.25, 0.3) is 0 Å². The van der Waals surface area contributed by atoms with Crippen LogP contribution in [0, 0.1) is 17.6 Å². The summed E-state index contributed by atoms with van der Waals surface area (Å²) >= 11 is 0. The van der Waals surface area contributed by atoms with Crippen molar-refractivity contribution in [3.63, 3.8) is 0 Å². The van der Waals surface area contributed by atoms with Crippen molar-refractivity contribution in [3.05, 3.63) is 89.5 Å². The van der Waals surface area contributed by atoms with E-state index in [9.17, 15) is 35.2 Å². The Kier molecular flexibility index (Phi) is 8.42. The van der Waals surface area contributed by atoms with E-state index in [1.54, 1.807) is 6.07 Å². The zero-order valence-electron chi connectivity index (χ0n) is 19.7. The summed E-state index contributed by atoms with van der Waals surface area (Å²) in [5.41, 5.74) is -0.637. The summed E-state index contributed by atoms with van der Waals surface area (Å²) in [4.78, 5) is 13.6. The average Bonchev–Trinajstić information content (AvgIpc) is 2.80. The molecule has 198 valence electrons. The van der Waals surface area contributed by atoms with Crippen molar-refractivity contribution in [2.75, 3.05) is 11.9 Å². The lowest BCUT2D eigenvalue weighted by molar-refractivity contribution is -0.137. The van der Waals surface area contributed by atoms with Crippen molar-refractivity contribution in [2.24, 2.45) is 5.92 Å². The number of halogens is 5. The Bertz CT molecular complexity index is 1380. The van der Waals surface area contributed by atoms with Gasteiger partial charge in [-0.3, -0.25) is 0 Å². The number of hydrogen-bond acceptors (Lipinski definition) is 4. The molecule has 0 aliphatic heterocycles. The molecule has 3 aromatic carbocycles. The molecular formula is C25H23F5N2O4S. The number of nitrogens with zero attached hydrogens (tertiary/aromatic N) is 1. The van der Waals surface area contributed by atoms with Crippen LogP contribution in [0.15, 0.2) is 71.6 Å². The molecule has 0 saturated heterocycles. The van der Waals surface area contributed by atoms with Gasteiger partial charge in [-0.1, -0.05) is 32.0 Å². The van der Waals surface area contributed by atoms with Crippen molar-refractivity contribution < 1.29 is 39.3 Å². The highest BCUT2D eigenvalue weighted by atomic mass is 32.2. The molecule has 2 amide bonds. The maximum atomic E-state index is 13.5. The number of anilines is 1. The van der Waals surface area contributed by atoms with E-state index in [2.05, 4.69) is 5.32 Å². The van der Waals surface area contributed by atoms with Gasteiger partial charge in [-0.15, -0.1) is 0 Å². The van der Waals surface area contributed by atoms with E-state index < -0.39 is 44.4 Å². The lowest BCUT2D eigenvalue weighted by atomic mass is 10.1. The van der Waals surface area contributed by atoms with E-state index in [1.165, 1.54) is 29.2 Å². The fourth-order valence-corrected chi connectivity index (χ4v) is 4.33. The monoisotopic (exact) mass is 542 g/mol. The Hall–Kier alpha value is -3.67. The van der Waals surface area contributed by atoms with E-state index in [0.29, 0.717) is 11.6 Å². The predicted molar refractivity (Wildman–Crippen MR) is 126 cm³/mol. The van der Waals surface area contributed by atoms with E-state index in [1.807, 2.05) is 13.8 Å². The number of alkyl halides is 3. The molecule has 0 heterocycles. The summed E-state index contributed by atoms with van der Waals surface area (Å²) in [7, 11) is -4.58. The van der Waals surface area contributed by atoms with Gasteiger partial charge in [0, 0.05) is 24.8 Å². The van der Waals surface area contributed by atoms with Gasteiger partial charge < -0.3 is 14.4 Å². The van der Waals surface area contributed by atoms with E-state index >= 15 is 0 Å². The minimum Gasteiger partial charge on any atom is -0.379 e. The lowest BCUT2D eigenvalue weighted by Crippen LogP contribution is -2.37. The van der Waals surface area contributed by atoms with E-state index in [0.717, 1.165) is 30.3 Å². The summed E-state index contributed by atoms with van der Waals surface area (Å²) in [5.74, 6) is -2.33. The molecule has 37 heavy (non-hydrogen) atoms. The highest BCUT2D eigenvalue weighted by molar-refractivity contribution is 7.87. The van der Waals surface area contributed by atoms with Gasteiger partial charge in [0.05, 0.1) is 5.56 Å². The lowest BCUT2D eigenvalue weighted by Gasteiger charge is -2.25. The number of amides is 2. The third kappa shape index (κ3) is 7.66. The molecule has 0 spiro atoms. The Morgan fingerprint density at radius 2 is 1.68 bits per heavy atom. The molecule has 12 heteroatoms. The molecule has 0 radical (unpaired) electrons. The number of urea groups is 1. The molecule has 0 aliphatic rings. The fourth-order valence-electron chi connectivity index (χ4n) is 3.36. The molecule has 0 atom stereocenters. The average molecular weight is 543 g/mol. The molecule has 0 fully saturated rings. The first kappa shape index (κ1) is 27.9. The summed E-state index contributed by atoms with van der Waals surface area (Å²) < 4.78 is 95.9. The van der Waals surface area contributed by atoms with Gasteiger partial charge in [0.25, 0.3) is 0 Å². The van der Waals surface area contributed by atoms with Gasteiger partial charge in [-0.25, -0.2) is 13.6 Å². The number of nitrogens with one attached hydrogen (secondary N) is 1. The number of carbonyl (C=O) groups excluding carboxylic acids is 1. The van der Waals surface area contributed by atoms with Crippen molar-refractivity contribution >= 4 is 21.8 Å². The normalized spacial score (nSPS) is 11.9. The van der Waals surface area contributed by atoms with Crippen molar-refractivity contribution in [1.29, 1.82) is 0 Å². The van der Waals surface area contributed by atoms with E-state index in [-0.39, 0.29) is 30.4 Å². The van der Waals surface area contributed by atoms with Crippen LogP contribution < -0.4 is 9.50 Å². The second-order valence-corrected chi connectivity index (χ2v) is 10.1. The Balaban J connectivity index is 1.79. The number of carbonyl (C=O) groups is 1. The Labute approximate surface area is 210 Å². The largest absolute Gasteiger partial charge is 0.416 e. The van der Waals surface area contributed by atoms with Crippen LogP contribution in [0.5, 0.6) is 5.75 Å². The molecule has 0 unspecified atom stereocenters. The zero-order chi connectivity index (χ0) is 27.4. The van der Waals surface area contributed by atoms with Crippen LogP contribution in [-0.2, 0) is 22.8 Å². The zero-order valence-corrected chi connectivity index (χ0v) is 20.5. The van der Waals surface area contributed by atoms with Crippen LogP contribution in [0.1, 0.15) is 25.0 Å². The number of rotatable bonds is 8. The minimum atomic E-state index is -4.73. The second-order valence-electron chi connectivity index (χ2n) is 8.54. The number of hydrogen-bond donors (Lipinski definition) is 1. The predicted octanol–water partition coefficient (Wildman–Crippen LogP) is 6.44. The molecule has 1 N–H and O–H groups in total. The molecule has 3 aromatic rings. The van der Waals surface area contributed by atoms with Crippen LogP contribution in [0.2, 0.25) is 0 Å². The number of benzene rings is 3. The van der Waals surface area contributed by atoms with Crippen molar-refractivity contribution in [3.8, 4) is 5.75 Å². The fraction of sp³-hybridized carbons (Fsp3) is 0.240. The third-order valence-corrected chi connectivity index (χ3v) is 6.21. The van der Waals surface area contributed by atoms with Gasteiger partial charge in [0.1, 0.15) is 10.6 Å². The second kappa shape index (κ2) is 11.2. The first-order valence-electron chi connectivity index (χ1n) is 11.0. The molecule has 0 bridgehead atoms. The van der Waals surface area contributed by atoms with E-state index in [4.69, 9.17) is 4.18 Å². The Morgan fingerprint density at radius 1 is 0.973 bits per heavy atom. The van der Waals surface area contributed by atoms with Gasteiger partial charge >= 0.3 is 22.3 Å². The molecule has 6 nitrogen and oxygen atoms in total. The quantitative estimate of drug-likeness (QED) is 0.263. The highest BCUT2D eigenvalue weighted by Crippen LogP contribution is 2.31. The third-order valence-electron chi connectivity index (χ3n) is 4.97. The van der Waals surface area contributed by atoms with Crippen LogP contribution in [0.4, 0.5) is 32.4 Å². The SMILES string of the molecule is CC(C)CN(Cc1cccc(OS(=O)(=O)c2cccc(C(F)(F)F)c2)c1)C(=O)Nc1ccc(F)c(F)c1. The molecular weight excluding hydrogens is 519 g/mol. The first-order valence-corrected chi connectivity index (χ1v) is 12.4. The molecule has 3 rings (SSSR count). The van der Waals surface area contributed by atoms with Crippen molar-refractivity contribution in [1.82, 2.24) is 4.90 Å². The smallest absolute Gasteiger partial charge is 0.379 e. The highest BCUT2D eigenvalue weighted by Gasteiger charge is 2.32. The van der Waals surface area contributed by atoms with Gasteiger partial charge in [0.15, 0.2) is 11.6 Å². The van der Waals surface area contributed by atoms with Gasteiger partial charge in [-0.2, -0.15) is 21.6 Å². The van der Waals surface area contributed by atoms with Gasteiger partial charge in [0.2, 0.25) is 0 Å². The minimum absolute atomic E-state index is 0.00546. The molecule has 0 aromatic heterocycles. The summed E-state index contributed by atoms with van der Waals surface area (Å²) in [6.07, 6.45) is -4.73. The maximum Gasteiger partial charge on any atom is 0.416 e. The molecule has 0 saturated carbocycles. The van der Waals surface area contributed by atoms with Gasteiger partial charge in [-0.05, 0) is 53.9 Å². The summed E-state index contributed by atoms with van der Waals surface area (Å²) in [6, 6.07) is 11.2.